The molecule has 0 heterocycles. The van der Waals surface area contributed by atoms with E-state index >= 15 is 0 Å². The largest absolute Gasteiger partial charge is 0.383 e. The van der Waals surface area contributed by atoms with Crippen molar-refractivity contribution in [3.05, 3.63) is 34.3 Å². The highest BCUT2D eigenvalue weighted by molar-refractivity contribution is 6.31. The molecule has 0 aliphatic rings. The zero-order valence-electron chi connectivity index (χ0n) is 11.6. The van der Waals surface area contributed by atoms with Crippen LogP contribution in [0.1, 0.15) is 29.8 Å². The van der Waals surface area contributed by atoms with E-state index < -0.39 is 5.91 Å². The molecule has 5 heteroatoms. The predicted molar refractivity (Wildman–Crippen MR) is 77.3 cm³/mol. The second kappa shape index (κ2) is 7.48. The van der Waals surface area contributed by atoms with E-state index in [4.69, 9.17) is 22.1 Å². The van der Waals surface area contributed by atoms with E-state index in [0.29, 0.717) is 29.7 Å². The Hall–Kier alpha value is -1.10. The van der Waals surface area contributed by atoms with Crippen molar-refractivity contribution in [2.24, 2.45) is 11.7 Å². The zero-order valence-corrected chi connectivity index (χ0v) is 12.3. The van der Waals surface area contributed by atoms with Gasteiger partial charge in [0.25, 0.3) is 0 Å². The Morgan fingerprint density at radius 3 is 2.63 bits per heavy atom. The fraction of sp³-hybridized carbons (Fsp3) is 0.500. The summed E-state index contributed by atoms with van der Waals surface area (Å²) < 4.78 is 5.18. The number of hydrogen-bond donors (Lipinski definition) is 2. The predicted octanol–water partition coefficient (Wildman–Crippen LogP) is 2.20. The fourth-order valence-electron chi connectivity index (χ4n) is 1.75. The average Bonchev–Trinajstić information content (AvgIpc) is 2.35. The van der Waals surface area contributed by atoms with Crippen molar-refractivity contribution < 1.29 is 9.53 Å². The van der Waals surface area contributed by atoms with Gasteiger partial charge in [-0.25, -0.2) is 0 Å². The Morgan fingerprint density at radius 2 is 2.16 bits per heavy atom. The lowest BCUT2D eigenvalue weighted by molar-refractivity contribution is 0.100. The maximum Gasteiger partial charge on any atom is 0.248 e. The standard InChI is InChI=1S/C14H21ClN2O2/c1-9(2)13(8-19-3)17-7-11-5-4-10(14(16)18)6-12(11)15/h4-6,9,13,17H,7-8H2,1-3H3,(H2,16,18). The number of nitrogens with two attached hydrogens (primary N) is 1. The summed E-state index contributed by atoms with van der Waals surface area (Å²) in [6, 6.07) is 5.37. The van der Waals surface area contributed by atoms with Crippen LogP contribution in [0, 0.1) is 5.92 Å². The first-order chi connectivity index (χ1) is 8.95. The van der Waals surface area contributed by atoms with Crippen molar-refractivity contribution in [1.82, 2.24) is 5.32 Å². The van der Waals surface area contributed by atoms with Gasteiger partial charge in [-0.2, -0.15) is 0 Å². The van der Waals surface area contributed by atoms with E-state index in [1.165, 1.54) is 0 Å². The third-order valence-electron chi connectivity index (χ3n) is 3.04. The van der Waals surface area contributed by atoms with Crippen LogP contribution in [0.3, 0.4) is 0 Å². The van der Waals surface area contributed by atoms with Crippen LogP contribution < -0.4 is 11.1 Å². The molecule has 0 saturated heterocycles. The lowest BCUT2D eigenvalue weighted by Crippen LogP contribution is -2.37. The van der Waals surface area contributed by atoms with Gasteiger partial charge in [-0.15, -0.1) is 0 Å². The van der Waals surface area contributed by atoms with Crippen LogP contribution in [0.2, 0.25) is 5.02 Å². The van der Waals surface area contributed by atoms with Crippen LogP contribution in [-0.2, 0) is 11.3 Å². The van der Waals surface area contributed by atoms with E-state index in [1.807, 2.05) is 6.07 Å². The molecule has 0 aliphatic heterocycles. The minimum atomic E-state index is -0.471. The summed E-state index contributed by atoms with van der Waals surface area (Å²) in [6.45, 7) is 5.54. The molecule has 3 N–H and O–H groups in total. The van der Waals surface area contributed by atoms with Crippen LogP contribution in [0.5, 0.6) is 0 Å². The molecule has 0 aromatic heterocycles. The molecule has 0 saturated carbocycles. The molecule has 1 amide bonds. The lowest BCUT2D eigenvalue weighted by Gasteiger charge is -2.22. The summed E-state index contributed by atoms with van der Waals surface area (Å²) in [5.74, 6) is -0.00975. The zero-order chi connectivity index (χ0) is 14.4. The fourth-order valence-corrected chi connectivity index (χ4v) is 2.00. The molecular weight excluding hydrogens is 264 g/mol. The van der Waals surface area contributed by atoms with E-state index in [1.54, 1.807) is 19.2 Å². The molecule has 0 spiro atoms. The van der Waals surface area contributed by atoms with Crippen LogP contribution in [0.4, 0.5) is 0 Å². The number of carbonyl (C=O) groups is 1. The second-order valence-corrected chi connectivity index (χ2v) is 5.26. The summed E-state index contributed by atoms with van der Waals surface area (Å²) in [7, 11) is 1.69. The minimum Gasteiger partial charge on any atom is -0.383 e. The van der Waals surface area contributed by atoms with Gasteiger partial charge in [0, 0.05) is 30.3 Å². The normalized spacial score (nSPS) is 12.7. The van der Waals surface area contributed by atoms with Crippen molar-refractivity contribution in [2.75, 3.05) is 13.7 Å². The number of rotatable bonds is 7. The summed E-state index contributed by atoms with van der Waals surface area (Å²) in [6.07, 6.45) is 0. The van der Waals surface area contributed by atoms with E-state index in [-0.39, 0.29) is 6.04 Å². The molecule has 1 atom stereocenters. The lowest BCUT2D eigenvalue weighted by atomic mass is 10.0. The molecule has 106 valence electrons. The van der Waals surface area contributed by atoms with E-state index in [9.17, 15) is 4.79 Å². The highest BCUT2D eigenvalue weighted by atomic mass is 35.5. The average molecular weight is 285 g/mol. The van der Waals surface area contributed by atoms with Crippen LogP contribution in [0.15, 0.2) is 18.2 Å². The van der Waals surface area contributed by atoms with Crippen molar-refractivity contribution in [3.8, 4) is 0 Å². The summed E-state index contributed by atoms with van der Waals surface area (Å²) in [4.78, 5) is 11.0. The highest BCUT2D eigenvalue weighted by Crippen LogP contribution is 2.18. The number of ether oxygens (including phenoxy) is 1. The molecule has 1 unspecified atom stereocenters. The topological polar surface area (TPSA) is 64.3 Å². The number of methoxy groups -OCH3 is 1. The molecule has 4 nitrogen and oxygen atoms in total. The molecule has 0 bridgehead atoms. The molecule has 0 aliphatic carbocycles. The summed E-state index contributed by atoms with van der Waals surface area (Å²) in [5, 5.41) is 3.95. The van der Waals surface area contributed by atoms with Gasteiger partial charge in [0.2, 0.25) is 5.91 Å². The molecule has 0 radical (unpaired) electrons. The Labute approximate surface area is 119 Å². The van der Waals surface area contributed by atoms with Gasteiger partial charge < -0.3 is 15.8 Å². The van der Waals surface area contributed by atoms with Crippen molar-refractivity contribution in [1.29, 1.82) is 0 Å². The van der Waals surface area contributed by atoms with Gasteiger partial charge in [-0.05, 0) is 23.6 Å². The van der Waals surface area contributed by atoms with Gasteiger partial charge >= 0.3 is 0 Å². The Morgan fingerprint density at radius 1 is 1.47 bits per heavy atom. The number of primary amides is 1. The molecule has 19 heavy (non-hydrogen) atoms. The van der Waals surface area contributed by atoms with Crippen LogP contribution in [0.25, 0.3) is 0 Å². The Balaban J connectivity index is 2.69. The van der Waals surface area contributed by atoms with Gasteiger partial charge in [0.1, 0.15) is 0 Å². The monoisotopic (exact) mass is 284 g/mol. The van der Waals surface area contributed by atoms with Crippen molar-refractivity contribution in [2.45, 2.75) is 26.4 Å². The Bertz CT molecular complexity index is 435. The number of nitrogens with one attached hydrogen (secondary N) is 1. The van der Waals surface area contributed by atoms with E-state index in [0.717, 1.165) is 5.56 Å². The summed E-state index contributed by atoms with van der Waals surface area (Å²) >= 11 is 6.13. The number of amides is 1. The van der Waals surface area contributed by atoms with Gasteiger partial charge in [0.15, 0.2) is 0 Å². The van der Waals surface area contributed by atoms with Gasteiger partial charge in [0.05, 0.1) is 6.61 Å². The third kappa shape index (κ3) is 4.82. The maximum absolute atomic E-state index is 11.0. The molecule has 0 fully saturated rings. The number of halogens is 1. The molecular formula is C14H21ClN2O2. The molecule has 1 aromatic rings. The third-order valence-corrected chi connectivity index (χ3v) is 3.40. The van der Waals surface area contributed by atoms with E-state index in [2.05, 4.69) is 19.2 Å². The van der Waals surface area contributed by atoms with Crippen molar-refractivity contribution >= 4 is 17.5 Å². The Kier molecular flexibility index (Phi) is 6.28. The molecule has 1 aromatic carbocycles. The van der Waals surface area contributed by atoms with Gasteiger partial charge in [-0.3, -0.25) is 4.79 Å². The van der Waals surface area contributed by atoms with Crippen molar-refractivity contribution in [3.63, 3.8) is 0 Å². The first kappa shape index (κ1) is 16.0. The quantitative estimate of drug-likeness (QED) is 0.807. The maximum atomic E-state index is 11.0. The first-order valence-corrected chi connectivity index (χ1v) is 6.64. The summed E-state index contributed by atoms with van der Waals surface area (Å²) in [5.41, 5.74) is 6.57. The molecule has 1 rings (SSSR count). The SMILES string of the molecule is COCC(NCc1ccc(C(N)=O)cc1Cl)C(C)C. The minimum absolute atomic E-state index is 0.261. The smallest absolute Gasteiger partial charge is 0.248 e. The van der Waals surface area contributed by atoms with Crippen LogP contribution >= 0.6 is 11.6 Å². The van der Waals surface area contributed by atoms with Gasteiger partial charge in [-0.1, -0.05) is 31.5 Å². The number of hydrogen-bond acceptors (Lipinski definition) is 3. The van der Waals surface area contributed by atoms with Crippen LogP contribution in [-0.4, -0.2) is 25.7 Å². The highest BCUT2D eigenvalue weighted by Gasteiger charge is 2.13. The number of carbonyl (C=O) groups excluding carboxylic acids is 1. The number of benzene rings is 1. The first-order valence-electron chi connectivity index (χ1n) is 6.26. The second-order valence-electron chi connectivity index (χ2n) is 4.86.